The molecular weight excluding hydrogens is 332 g/mol. The largest absolute Gasteiger partial charge is 0.504 e. The van der Waals surface area contributed by atoms with E-state index in [1.165, 1.54) is 10.9 Å². The van der Waals surface area contributed by atoms with Crippen LogP contribution in [0.4, 0.5) is 0 Å². The molecule has 2 amide bonds. The Hall–Kier alpha value is -2.83. The van der Waals surface area contributed by atoms with Gasteiger partial charge < -0.3 is 15.3 Å². The van der Waals surface area contributed by atoms with Crippen LogP contribution in [0.2, 0.25) is 0 Å². The number of nitrogens with one attached hydrogen (secondary N) is 1. The van der Waals surface area contributed by atoms with Crippen molar-refractivity contribution in [1.29, 1.82) is 0 Å². The zero-order valence-corrected chi connectivity index (χ0v) is 15.3. The third-order valence-corrected chi connectivity index (χ3v) is 4.67. The molecule has 1 aliphatic heterocycles. The molecule has 2 N–H and O–H groups in total. The zero-order chi connectivity index (χ0) is 18.8. The van der Waals surface area contributed by atoms with Crippen molar-refractivity contribution >= 4 is 11.8 Å². The van der Waals surface area contributed by atoms with Gasteiger partial charge in [-0.2, -0.15) is 5.10 Å². The number of aromatic hydroxyl groups is 1. The molecule has 2 aromatic rings. The Bertz CT molecular complexity index is 828. The molecule has 0 radical (unpaired) electrons. The number of amides is 2. The van der Waals surface area contributed by atoms with Gasteiger partial charge in [-0.05, 0) is 30.0 Å². The van der Waals surface area contributed by atoms with E-state index in [2.05, 4.69) is 24.3 Å². The molecule has 0 spiro atoms. The van der Waals surface area contributed by atoms with Gasteiger partial charge >= 0.3 is 0 Å². The summed E-state index contributed by atoms with van der Waals surface area (Å²) in [5, 5.41) is 17.3. The van der Waals surface area contributed by atoms with E-state index in [4.69, 9.17) is 0 Å². The summed E-state index contributed by atoms with van der Waals surface area (Å²) in [6.45, 7) is 4.66. The summed E-state index contributed by atoms with van der Waals surface area (Å²) in [4.78, 5) is 25.6. The number of likely N-dealkylation sites (tertiary alicyclic amines) is 1. The van der Waals surface area contributed by atoms with Gasteiger partial charge in [0.2, 0.25) is 5.91 Å². The normalized spacial score (nSPS) is 17.6. The predicted octanol–water partition coefficient (Wildman–Crippen LogP) is 2.05. The van der Waals surface area contributed by atoms with Gasteiger partial charge in [-0.15, -0.1) is 0 Å². The van der Waals surface area contributed by atoms with Crippen molar-refractivity contribution in [2.75, 3.05) is 13.6 Å². The molecule has 26 heavy (non-hydrogen) atoms. The van der Waals surface area contributed by atoms with Crippen LogP contribution in [0.5, 0.6) is 5.75 Å². The van der Waals surface area contributed by atoms with Crippen molar-refractivity contribution in [2.45, 2.75) is 38.6 Å². The number of likely N-dealkylation sites (N-methyl/N-ethyl adjacent to an activating group) is 1. The van der Waals surface area contributed by atoms with Crippen LogP contribution < -0.4 is 5.32 Å². The first-order valence-corrected chi connectivity index (χ1v) is 8.79. The van der Waals surface area contributed by atoms with Crippen LogP contribution in [-0.4, -0.2) is 51.2 Å². The first-order valence-electron chi connectivity index (χ1n) is 8.79. The fourth-order valence-electron chi connectivity index (χ4n) is 3.07. The Balaban J connectivity index is 1.76. The number of hydrogen-bond donors (Lipinski definition) is 2. The average Bonchev–Trinajstić information content (AvgIpc) is 3.00. The molecule has 138 valence electrons. The van der Waals surface area contributed by atoms with E-state index in [1.807, 2.05) is 24.3 Å². The maximum Gasteiger partial charge on any atom is 0.275 e. The third-order valence-electron chi connectivity index (χ3n) is 4.67. The van der Waals surface area contributed by atoms with Gasteiger partial charge in [0, 0.05) is 26.1 Å². The molecule has 3 rings (SSSR count). The lowest BCUT2D eigenvalue weighted by atomic mass is 10.0. The van der Waals surface area contributed by atoms with Gasteiger partial charge in [-0.3, -0.25) is 9.59 Å². The first-order chi connectivity index (χ1) is 12.3. The van der Waals surface area contributed by atoms with Gasteiger partial charge in [0.25, 0.3) is 5.91 Å². The molecule has 1 unspecified atom stereocenters. The Kier molecular flexibility index (Phi) is 4.97. The quantitative estimate of drug-likeness (QED) is 0.878. The van der Waals surface area contributed by atoms with E-state index in [0.29, 0.717) is 25.3 Å². The highest BCUT2D eigenvalue weighted by atomic mass is 16.3. The highest BCUT2D eigenvalue weighted by Crippen LogP contribution is 2.22. The second kappa shape index (κ2) is 7.19. The highest BCUT2D eigenvalue weighted by Gasteiger charge is 2.26. The summed E-state index contributed by atoms with van der Waals surface area (Å²) >= 11 is 0. The van der Waals surface area contributed by atoms with E-state index >= 15 is 0 Å². The molecule has 1 fully saturated rings. The van der Waals surface area contributed by atoms with Gasteiger partial charge in [-0.1, -0.05) is 26.0 Å². The number of hydrogen-bond acceptors (Lipinski definition) is 4. The summed E-state index contributed by atoms with van der Waals surface area (Å²) in [5.41, 5.74) is 1.92. The SMILES string of the molecule is CC(C)c1cccc(-n2cc(O)c(C(=O)NC3CCC(=O)N(C)C3)n2)c1. The minimum absolute atomic E-state index is 0.0143. The van der Waals surface area contributed by atoms with Crippen LogP contribution in [0.15, 0.2) is 30.5 Å². The standard InChI is InChI=1S/C19H24N4O3/c1-12(2)13-5-4-6-15(9-13)23-11-16(24)18(21-23)19(26)20-14-7-8-17(25)22(3)10-14/h4-6,9,11-12,14,24H,7-8,10H2,1-3H3,(H,20,26). The monoisotopic (exact) mass is 356 g/mol. The highest BCUT2D eigenvalue weighted by molar-refractivity contribution is 5.95. The molecule has 1 aromatic carbocycles. The van der Waals surface area contributed by atoms with Crippen molar-refractivity contribution in [2.24, 2.45) is 0 Å². The lowest BCUT2D eigenvalue weighted by Crippen LogP contribution is -2.48. The van der Waals surface area contributed by atoms with Crippen molar-refractivity contribution in [3.05, 3.63) is 41.7 Å². The van der Waals surface area contributed by atoms with E-state index in [9.17, 15) is 14.7 Å². The number of piperidine rings is 1. The molecule has 7 nitrogen and oxygen atoms in total. The van der Waals surface area contributed by atoms with Crippen molar-refractivity contribution in [3.8, 4) is 11.4 Å². The van der Waals surface area contributed by atoms with Crippen molar-refractivity contribution in [1.82, 2.24) is 20.0 Å². The molecule has 0 bridgehead atoms. The van der Waals surface area contributed by atoms with Crippen LogP contribution in [-0.2, 0) is 4.79 Å². The number of aromatic nitrogens is 2. The fourth-order valence-corrected chi connectivity index (χ4v) is 3.07. The van der Waals surface area contributed by atoms with Crippen LogP contribution in [0.1, 0.15) is 48.7 Å². The van der Waals surface area contributed by atoms with Crippen molar-refractivity contribution < 1.29 is 14.7 Å². The number of carbonyl (C=O) groups is 2. The molecule has 1 atom stereocenters. The topological polar surface area (TPSA) is 87.5 Å². The van der Waals surface area contributed by atoms with Crippen molar-refractivity contribution in [3.63, 3.8) is 0 Å². The Morgan fingerprint density at radius 3 is 2.85 bits per heavy atom. The van der Waals surface area contributed by atoms with Crippen LogP contribution in [0.3, 0.4) is 0 Å². The van der Waals surface area contributed by atoms with Crippen LogP contribution in [0.25, 0.3) is 5.69 Å². The molecule has 0 aliphatic carbocycles. The van der Waals surface area contributed by atoms with E-state index in [0.717, 1.165) is 11.3 Å². The summed E-state index contributed by atoms with van der Waals surface area (Å²) < 4.78 is 1.51. The molecule has 1 aliphatic rings. The van der Waals surface area contributed by atoms with Gasteiger partial charge in [0.05, 0.1) is 11.9 Å². The minimum atomic E-state index is -0.436. The number of benzene rings is 1. The number of carbonyl (C=O) groups excluding carboxylic acids is 2. The average molecular weight is 356 g/mol. The number of rotatable bonds is 4. The smallest absolute Gasteiger partial charge is 0.275 e. The molecule has 7 heteroatoms. The molecule has 1 aromatic heterocycles. The zero-order valence-electron chi connectivity index (χ0n) is 15.3. The molecular formula is C19H24N4O3. The summed E-state index contributed by atoms with van der Waals surface area (Å²) in [5.74, 6) is -0.160. The summed E-state index contributed by atoms with van der Waals surface area (Å²) in [7, 11) is 1.72. The number of nitrogens with zero attached hydrogens (tertiary/aromatic N) is 3. The van der Waals surface area contributed by atoms with Crippen LogP contribution >= 0.6 is 0 Å². The maximum atomic E-state index is 12.5. The predicted molar refractivity (Wildman–Crippen MR) is 97.4 cm³/mol. The minimum Gasteiger partial charge on any atom is -0.504 e. The molecule has 2 heterocycles. The Morgan fingerprint density at radius 2 is 2.15 bits per heavy atom. The van der Waals surface area contributed by atoms with Crippen LogP contribution in [0, 0.1) is 0 Å². The lowest BCUT2D eigenvalue weighted by Gasteiger charge is -2.29. The van der Waals surface area contributed by atoms with E-state index < -0.39 is 5.91 Å². The van der Waals surface area contributed by atoms with Gasteiger partial charge in [-0.25, -0.2) is 4.68 Å². The first kappa shape index (κ1) is 18.0. The third kappa shape index (κ3) is 3.71. The lowest BCUT2D eigenvalue weighted by molar-refractivity contribution is -0.132. The second-order valence-corrected chi connectivity index (χ2v) is 7.04. The Labute approximate surface area is 152 Å². The van der Waals surface area contributed by atoms with Gasteiger partial charge in [0.15, 0.2) is 11.4 Å². The fraction of sp³-hybridized carbons (Fsp3) is 0.421. The van der Waals surface area contributed by atoms with Gasteiger partial charge in [0.1, 0.15) is 0 Å². The van der Waals surface area contributed by atoms with E-state index in [-0.39, 0.29) is 23.4 Å². The molecule has 1 saturated heterocycles. The summed E-state index contributed by atoms with van der Waals surface area (Å²) in [6, 6.07) is 7.69. The van der Waals surface area contributed by atoms with E-state index in [1.54, 1.807) is 11.9 Å². The Morgan fingerprint density at radius 1 is 1.38 bits per heavy atom. The maximum absolute atomic E-state index is 12.5. The summed E-state index contributed by atoms with van der Waals surface area (Å²) in [6.07, 6.45) is 2.43. The second-order valence-electron chi connectivity index (χ2n) is 7.04. The molecule has 0 saturated carbocycles.